The molecular formula is C19H23NO2S. The molecule has 0 aliphatic carbocycles. The fourth-order valence-electron chi connectivity index (χ4n) is 3.43. The summed E-state index contributed by atoms with van der Waals surface area (Å²) in [6, 6.07) is 12.5. The van der Waals surface area contributed by atoms with E-state index in [0.29, 0.717) is 0 Å². The third kappa shape index (κ3) is 3.48. The summed E-state index contributed by atoms with van der Waals surface area (Å²) >= 11 is 1.71. The van der Waals surface area contributed by atoms with Crippen LogP contribution >= 0.6 is 11.3 Å². The highest BCUT2D eigenvalue weighted by Gasteiger charge is 2.35. The van der Waals surface area contributed by atoms with Crippen molar-refractivity contribution in [1.29, 1.82) is 0 Å². The van der Waals surface area contributed by atoms with Gasteiger partial charge in [-0.1, -0.05) is 43.7 Å². The Morgan fingerprint density at radius 3 is 2.70 bits per heavy atom. The van der Waals surface area contributed by atoms with Gasteiger partial charge < -0.3 is 5.11 Å². The monoisotopic (exact) mass is 329 g/mol. The van der Waals surface area contributed by atoms with Gasteiger partial charge in [0.05, 0.1) is 6.04 Å². The van der Waals surface area contributed by atoms with E-state index >= 15 is 0 Å². The van der Waals surface area contributed by atoms with E-state index in [1.54, 1.807) is 11.3 Å². The van der Waals surface area contributed by atoms with E-state index < -0.39 is 5.97 Å². The minimum Gasteiger partial charge on any atom is -0.480 e. The predicted octanol–water partition coefficient (Wildman–Crippen LogP) is 4.34. The smallest absolute Gasteiger partial charge is 0.320 e. The maximum absolute atomic E-state index is 11.7. The number of aryl methyl sites for hydroxylation is 1. The Balaban J connectivity index is 1.99. The van der Waals surface area contributed by atoms with Gasteiger partial charge in [0.15, 0.2) is 0 Å². The quantitative estimate of drug-likeness (QED) is 0.887. The first-order valence-corrected chi connectivity index (χ1v) is 9.19. The van der Waals surface area contributed by atoms with Crippen LogP contribution in [0.2, 0.25) is 0 Å². The molecule has 0 saturated carbocycles. The first-order valence-electron chi connectivity index (χ1n) is 8.31. The standard InChI is InChI=1S/C19H23NO2S/c1-2-14-8-10-15(11-9-14)18(17-7-5-13-23-17)20-12-4-3-6-16(20)19(21)22/h5,7-11,13,16,18H,2-4,6,12H2,1H3,(H,21,22). The van der Waals surface area contributed by atoms with E-state index in [4.69, 9.17) is 0 Å². The largest absolute Gasteiger partial charge is 0.480 e. The summed E-state index contributed by atoms with van der Waals surface area (Å²) in [5, 5.41) is 11.7. The topological polar surface area (TPSA) is 40.5 Å². The van der Waals surface area contributed by atoms with Crippen molar-refractivity contribution < 1.29 is 9.90 Å². The number of piperidine rings is 1. The van der Waals surface area contributed by atoms with Crippen LogP contribution in [-0.2, 0) is 11.2 Å². The van der Waals surface area contributed by atoms with Crippen LogP contribution in [-0.4, -0.2) is 28.6 Å². The number of hydrogen-bond donors (Lipinski definition) is 1. The molecule has 1 aliphatic heterocycles. The van der Waals surface area contributed by atoms with Crippen molar-refractivity contribution in [2.75, 3.05) is 6.54 Å². The van der Waals surface area contributed by atoms with Gasteiger partial charge in [-0.05, 0) is 48.4 Å². The van der Waals surface area contributed by atoms with E-state index in [2.05, 4.69) is 47.5 Å². The van der Waals surface area contributed by atoms with Gasteiger partial charge in [0.25, 0.3) is 0 Å². The number of thiophene rings is 1. The molecule has 4 heteroatoms. The number of hydrogen-bond acceptors (Lipinski definition) is 3. The van der Waals surface area contributed by atoms with Gasteiger partial charge in [0, 0.05) is 4.88 Å². The average molecular weight is 329 g/mol. The SMILES string of the molecule is CCc1ccc(C(c2cccs2)N2CCCCC2C(=O)O)cc1. The van der Waals surface area contributed by atoms with E-state index in [1.807, 2.05) is 6.07 Å². The highest BCUT2D eigenvalue weighted by atomic mass is 32.1. The Kier molecular flexibility index (Phi) is 5.13. The van der Waals surface area contributed by atoms with Crippen molar-refractivity contribution in [3.05, 3.63) is 57.8 Å². The van der Waals surface area contributed by atoms with Crippen molar-refractivity contribution in [3.63, 3.8) is 0 Å². The molecular weight excluding hydrogens is 306 g/mol. The Morgan fingerprint density at radius 2 is 2.09 bits per heavy atom. The molecule has 3 nitrogen and oxygen atoms in total. The van der Waals surface area contributed by atoms with Crippen LogP contribution in [0.25, 0.3) is 0 Å². The molecule has 1 aliphatic rings. The molecule has 2 atom stereocenters. The van der Waals surface area contributed by atoms with Crippen molar-refractivity contribution in [2.45, 2.75) is 44.7 Å². The number of carboxylic acids is 1. The number of nitrogens with zero attached hydrogens (tertiary/aromatic N) is 1. The van der Waals surface area contributed by atoms with Crippen molar-refractivity contribution >= 4 is 17.3 Å². The first kappa shape index (κ1) is 16.2. The zero-order chi connectivity index (χ0) is 16.2. The maximum Gasteiger partial charge on any atom is 0.320 e. The zero-order valence-electron chi connectivity index (χ0n) is 13.4. The lowest BCUT2D eigenvalue weighted by Crippen LogP contribution is -2.46. The molecule has 2 aromatic rings. The van der Waals surface area contributed by atoms with E-state index in [1.165, 1.54) is 16.0 Å². The number of carboxylic acid groups (broad SMARTS) is 1. The van der Waals surface area contributed by atoms with Crippen molar-refractivity contribution in [1.82, 2.24) is 4.90 Å². The Bertz CT molecular complexity index is 636. The van der Waals surface area contributed by atoms with Crippen LogP contribution in [0, 0.1) is 0 Å². The van der Waals surface area contributed by atoms with Crippen LogP contribution in [0.4, 0.5) is 0 Å². The molecule has 122 valence electrons. The Labute approximate surface area is 141 Å². The fourth-order valence-corrected chi connectivity index (χ4v) is 4.30. The molecule has 1 aromatic carbocycles. The van der Waals surface area contributed by atoms with Crippen LogP contribution in [0.15, 0.2) is 41.8 Å². The van der Waals surface area contributed by atoms with Gasteiger partial charge >= 0.3 is 5.97 Å². The molecule has 0 spiro atoms. The van der Waals surface area contributed by atoms with Gasteiger partial charge in [-0.2, -0.15) is 0 Å². The van der Waals surface area contributed by atoms with Crippen molar-refractivity contribution in [3.8, 4) is 0 Å². The second kappa shape index (κ2) is 7.28. The summed E-state index contributed by atoms with van der Waals surface area (Å²) in [5.74, 6) is -0.698. The third-order valence-electron chi connectivity index (χ3n) is 4.68. The van der Waals surface area contributed by atoms with Crippen LogP contribution in [0.1, 0.15) is 48.2 Å². The molecule has 23 heavy (non-hydrogen) atoms. The number of benzene rings is 1. The van der Waals surface area contributed by atoms with Gasteiger partial charge in [-0.15, -0.1) is 11.3 Å². The highest BCUT2D eigenvalue weighted by Crippen LogP contribution is 2.36. The van der Waals surface area contributed by atoms with Gasteiger partial charge in [0.1, 0.15) is 6.04 Å². The molecule has 3 rings (SSSR count). The zero-order valence-corrected chi connectivity index (χ0v) is 14.3. The van der Waals surface area contributed by atoms with Crippen LogP contribution in [0.5, 0.6) is 0 Å². The summed E-state index contributed by atoms with van der Waals surface area (Å²) in [5.41, 5.74) is 2.50. The van der Waals surface area contributed by atoms with Crippen LogP contribution in [0.3, 0.4) is 0 Å². The van der Waals surface area contributed by atoms with Gasteiger partial charge in [0.2, 0.25) is 0 Å². The van der Waals surface area contributed by atoms with Gasteiger partial charge in [-0.3, -0.25) is 9.69 Å². The first-order chi connectivity index (χ1) is 11.2. The Morgan fingerprint density at radius 1 is 1.30 bits per heavy atom. The average Bonchev–Trinajstić information content (AvgIpc) is 3.10. The molecule has 1 fully saturated rings. The van der Waals surface area contributed by atoms with E-state index in [9.17, 15) is 9.90 Å². The summed E-state index contributed by atoms with van der Waals surface area (Å²) in [4.78, 5) is 15.1. The highest BCUT2D eigenvalue weighted by molar-refractivity contribution is 7.10. The van der Waals surface area contributed by atoms with Crippen molar-refractivity contribution in [2.24, 2.45) is 0 Å². The minimum atomic E-state index is -0.698. The van der Waals surface area contributed by atoms with Gasteiger partial charge in [-0.25, -0.2) is 0 Å². The third-order valence-corrected chi connectivity index (χ3v) is 5.60. The molecule has 0 bridgehead atoms. The fraction of sp³-hybridized carbons (Fsp3) is 0.421. The number of rotatable bonds is 5. The lowest BCUT2D eigenvalue weighted by atomic mass is 9.94. The second-order valence-electron chi connectivity index (χ2n) is 6.10. The summed E-state index contributed by atoms with van der Waals surface area (Å²) in [6.45, 7) is 2.99. The molecule has 2 heterocycles. The molecule has 0 amide bonds. The lowest BCUT2D eigenvalue weighted by Gasteiger charge is -2.39. The Hall–Kier alpha value is -1.65. The molecule has 1 N–H and O–H groups in total. The minimum absolute atomic E-state index is 0.0438. The maximum atomic E-state index is 11.7. The number of likely N-dealkylation sites (tertiary alicyclic amines) is 1. The summed E-state index contributed by atoms with van der Waals surface area (Å²) < 4.78 is 0. The van der Waals surface area contributed by atoms with E-state index in [0.717, 1.165) is 32.2 Å². The second-order valence-corrected chi connectivity index (χ2v) is 7.08. The predicted molar refractivity (Wildman–Crippen MR) is 94.0 cm³/mol. The number of carbonyl (C=O) groups is 1. The molecule has 1 aromatic heterocycles. The number of aliphatic carboxylic acids is 1. The summed E-state index contributed by atoms with van der Waals surface area (Å²) in [7, 11) is 0. The normalized spacial score (nSPS) is 20.3. The van der Waals surface area contributed by atoms with E-state index in [-0.39, 0.29) is 12.1 Å². The summed E-state index contributed by atoms with van der Waals surface area (Å²) in [6.07, 6.45) is 3.83. The molecule has 2 unspecified atom stereocenters. The molecule has 0 radical (unpaired) electrons. The van der Waals surface area contributed by atoms with Crippen LogP contribution < -0.4 is 0 Å². The molecule has 1 saturated heterocycles. The lowest BCUT2D eigenvalue weighted by molar-refractivity contribution is -0.145.